The van der Waals surface area contributed by atoms with Crippen molar-refractivity contribution in [3.63, 3.8) is 0 Å². The van der Waals surface area contributed by atoms with E-state index in [1.807, 2.05) is 0 Å². The van der Waals surface area contributed by atoms with Crippen LogP contribution in [0.25, 0.3) is 0 Å². The number of carboxylic acids is 1. The molecule has 1 rings (SSSR count). The van der Waals surface area contributed by atoms with Crippen LogP contribution < -0.4 is 11.1 Å². The van der Waals surface area contributed by atoms with E-state index in [2.05, 4.69) is 21.2 Å². The van der Waals surface area contributed by atoms with Gasteiger partial charge in [-0.1, -0.05) is 0 Å². The number of allylic oxidation sites excluding steroid dienone is 2. The molecular weight excluding hydrogens is 212 g/mol. The van der Waals surface area contributed by atoms with E-state index < -0.39 is 10.5 Å². The topological polar surface area (TPSA) is 75.3 Å². The van der Waals surface area contributed by atoms with Crippen LogP contribution in [0.4, 0.5) is 0 Å². The number of hydrogen-bond acceptors (Lipinski definition) is 3. The predicted octanol–water partition coefficient (Wildman–Crippen LogP) is 0.122. The van der Waals surface area contributed by atoms with Gasteiger partial charge in [-0.25, -0.2) is 4.79 Å². The monoisotopic (exact) mass is 218 g/mol. The number of dihydropyridines is 1. The summed E-state index contributed by atoms with van der Waals surface area (Å²) < 4.78 is -1.15. The van der Waals surface area contributed by atoms with Gasteiger partial charge in [0, 0.05) is 0 Å². The van der Waals surface area contributed by atoms with Crippen LogP contribution in [-0.4, -0.2) is 15.6 Å². The molecule has 0 radical (unpaired) electrons. The molecule has 0 aromatic rings. The Kier molecular flexibility index (Phi) is 2.01. The van der Waals surface area contributed by atoms with Crippen molar-refractivity contribution in [1.29, 1.82) is 0 Å². The average molecular weight is 219 g/mol. The summed E-state index contributed by atoms with van der Waals surface area (Å²) in [4.78, 5) is 10.5. The van der Waals surface area contributed by atoms with Crippen LogP contribution in [0, 0.1) is 0 Å². The van der Waals surface area contributed by atoms with Gasteiger partial charge in [-0.15, -0.1) is 0 Å². The molecule has 0 aliphatic carbocycles. The molecule has 60 valence electrons. The smallest absolute Gasteiger partial charge is 0.336 e. The maximum atomic E-state index is 10.5. The lowest BCUT2D eigenvalue weighted by Gasteiger charge is -2.25. The molecule has 1 aliphatic rings. The summed E-state index contributed by atoms with van der Waals surface area (Å²) in [7, 11) is 0. The molecule has 11 heavy (non-hydrogen) atoms. The Morgan fingerprint density at radius 1 is 1.82 bits per heavy atom. The van der Waals surface area contributed by atoms with Gasteiger partial charge in [0.15, 0.2) is 4.57 Å². The second kappa shape index (κ2) is 2.67. The number of rotatable bonds is 1. The van der Waals surface area contributed by atoms with Gasteiger partial charge in [0.05, 0.1) is 5.57 Å². The third-order valence-corrected chi connectivity index (χ3v) is 1.93. The Morgan fingerprint density at radius 2 is 2.45 bits per heavy atom. The number of hydrogen-bond donors (Lipinski definition) is 3. The van der Waals surface area contributed by atoms with Gasteiger partial charge in [-0.2, -0.15) is 0 Å². The van der Waals surface area contributed by atoms with Crippen LogP contribution in [0.3, 0.4) is 0 Å². The first-order valence-corrected chi connectivity index (χ1v) is 3.69. The highest BCUT2D eigenvalue weighted by Crippen LogP contribution is 2.20. The molecule has 4 N–H and O–H groups in total. The van der Waals surface area contributed by atoms with Crippen molar-refractivity contribution in [2.45, 2.75) is 4.57 Å². The first-order chi connectivity index (χ1) is 5.04. The molecule has 4 nitrogen and oxygen atoms in total. The predicted molar refractivity (Wildman–Crippen MR) is 43.8 cm³/mol. The largest absolute Gasteiger partial charge is 0.478 e. The van der Waals surface area contributed by atoms with E-state index in [1.54, 1.807) is 12.3 Å². The minimum absolute atomic E-state index is 0.0833. The highest BCUT2D eigenvalue weighted by molar-refractivity contribution is 9.10. The molecule has 1 heterocycles. The fourth-order valence-electron chi connectivity index (χ4n) is 0.740. The minimum atomic E-state index is -1.15. The minimum Gasteiger partial charge on any atom is -0.478 e. The maximum Gasteiger partial charge on any atom is 0.336 e. The van der Waals surface area contributed by atoms with E-state index >= 15 is 0 Å². The summed E-state index contributed by atoms with van der Waals surface area (Å²) in [5.41, 5.74) is 5.61. The van der Waals surface area contributed by atoms with Crippen molar-refractivity contribution in [2.75, 3.05) is 0 Å². The zero-order chi connectivity index (χ0) is 8.48. The Labute approximate surface area is 71.9 Å². The van der Waals surface area contributed by atoms with Crippen LogP contribution in [0.15, 0.2) is 23.9 Å². The molecule has 1 unspecified atom stereocenters. The number of aliphatic carboxylic acids is 1. The molecule has 0 fully saturated rings. The molecule has 0 amide bonds. The molecule has 0 aromatic carbocycles. The molecule has 1 atom stereocenters. The fourth-order valence-corrected chi connectivity index (χ4v) is 1.17. The van der Waals surface area contributed by atoms with E-state index in [0.717, 1.165) is 0 Å². The number of carboxylic acid groups (broad SMARTS) is 1. The fraction of sp³-hybridized carbons (Fsp3) is 0.167. The molecule has 1 aliphatic heterocycles. The second-order valence-corrected chi connectivity index (χ2v) is 3.35. The highest BCUT2D eigenvalue weighted by Gasteiger charge is 2.31. The van der Waals surface area contributed by atoms with Gasteiger partial charge in [-0.3, -0.25) is 5.73 Å². The molecule has 0 saturated heterocycles. The Bertz CT molecular complexity index is 245. The summed E-state index contributed by atoms with van der Waals surface area (Å²) in [6, 6.07) is 0. The quantitative estimate of drug-likeness (QED) is 0.432. The zero-order valence-electron chi connectivity index (χ0n) is 5.54. The van der Waals surface area contributed by atoms with Crippen LogP contribution in [0.1, 0.15) is 0 Å². The summed E-state index contributed by atoms with van der Waals surface area (Å²) in [6.45, 7) is 0. The number of nitrogens with two attached hydrogens (primary N) is 1. The van der Waals surface area contributed by atoms with Crippen molar-refractivity contribution in [2.24, 2.45) is 5.73 Å². The van der Waals surface area contributed by atoms with E-state index in [0.29, 0.717) is 0 Å². The van der Waals surface area contributed by atoms with Gasteiger partial charge in [0.2, 0.25) is 0 Å². The molecule has 0 aromatic heterocycles. The molecule has 0 bridgehead atoms. The highest BCUT2D eigenvalue weighted by atomic mass is 79.9. The van der Waals surface area contributed by atoms with Gasteiger partial charge in [0.1, 0.15) is 0 Å². The average Bonchev–Trinajstić information content (AvgIpc) is 1.85. The van der Waals surface area contributed by atoms with Crippen molar-refractivity contribution in [1.82, 2.24) is 5.32 Å². The Hall–Kier alpha value is -0.810. The van der Waals surface area contributed by atoms with Crippen LogP contribution >= 0.6 is 15.9 Å². The SMILES string of the molecule is NC1(Br)NC=CC=C1C(=O)O. The number of carbonyl (C=O) groups is 1. The number of alkyl halides is 1. The molecular formula is C6H7BrN2O2. The summed E-state index contributed by atoms with van der Waals surface area (Å²) in [5.74, 6) is -1.04. The van der Waals surface area contributed by atoms with Crippen molar-refractivity contribution >= 4 is 21.9 Å². The van der Waals surface area contributed by atoms with Gasteiger partial charge in [0.25, 0.3) is 0 Å². The summed E-state index contributed by atoms with van der Waals surface area (Å²) >= 11 is 3.03. The third kappa shape index (κ3) is 1.61. The Balaban J connectivity index is 2.97. The summed E-state index contributed by atoms with van der Waals surface area (Å²) in [6.07, 6.45) is 4.59. The Morgan fingerprint density at radius 3 is 2.82 bits per heavy atom. The van der Waals surface area contributed by atoms with Crippen LogP contribution in [0.2, 0.25) is 0 Å². The maximum absolute atomic E-state index is 10.5. The first-order valence-electron chi connectivity index (χ1n) is 2.90. The number of halogens is 1. The van der Waals surface area contributed by atoms with Crippen LogP contribution in [-0.2, 0) is 4.79 Å². The van der Waals surface area contributed by atoms with Crippen LogP contribution in [0.5, 0.6) is 0 Å². The van der Waals surface area contributed by atoms with Crippen molar-refractivity contribution in [3.05, 3.63) is 23.9 Å². The molecule has 0 spiro atoms. The van der Waals surface area contributed by atoms with Gasteiger partial charge < -0.3 is 10.4 Å². The zero-order valence-corrected chi connectivity index (χ0v) is 7.13. The number of nitrogens with one attached hydrogen (secondary N) is 1. The second-order valence-electron chi connectivity index (χ2n) is 2.10. The molecule has 5 heteroatoms. The van der Waals surface area contributed by atoms with E-state index in [9.17, 15) is 4.79 Å². The van der Waals surface area contributed by atoms with Gasteiger partial charge >= 0.3 is 5.97 Å². The first kappa shape index (κ1) is 8.29. The lowest BCUT2D eigenvalue weighted by atomic mass is 10.1. The lowest BCUT2D eigenvalue weighted by Crippen LogP contribution is -2.50. The lowest BCUT2D eigenvalue weighted by molar-refractivity contribution is -0.133. The normalized spacial score (nSPS) is 29.1. The van der Waals surface area contributed by atoms with Gasteiger partial charge in [-0.05, 0) is 34.3 Å². The van der Waals surface area contributed by atoms with E-state index in [4.69, 9.17) is 10.8 Å². The third-order valence-electron chi connectivity index (χ3n) is 1.27. The van der Waals surface area contributed by atoms with E-state index in [1.165, 1.54) is 6.08 Å². The van der Waals surface area contributed by atoms with Crippen molar-refractivity contribution in [3.8, 4) is 0 Å². The standard InChI is InChI=1S/C6H7BrN2O2/c7-6(8)4(5(10)11)2-1-3-9-6/h1-3,9H,8H2,(H,10,11). The molecule has 0 saturated carbocycles. The summed E-state index contributed by atoms with van der Waals surface area (Å²) in [5, 5.41) is 11.3. The van der Waals surface area contributed by atoms with Crippen molar-refractivity contribution < 1.29 is 9.90 Å². The van der Waals surface area contributed by atoms with E-state index in [-0.39, 0.29) is 5.57 Å².